The summed E-state index contributed by atoms with van der Waals surface area (Å²) in [5.41, 5.74) is 2.38. The SMILES string of the molecule is Cc1ccc2c(c1)SCC(=O)N2CC1CCN(C(C)C)C1. The molecule has 4 heteroatoms. The van der Waals surface area contributed by atoms with E-state index in [0.29, 0.717) is 17.7 Å². The third kappa shape index (κ3) is 3.11. The highest BCUT2D eigenvalue weighted by atomic mass is 32.2. The highest BCUT2D eigenvalue weighted by molar-refractivity contribution is 8.00. The minimum Gasteiger partial charge on any atom is -0.310 e. The van der Waals surface area contributed by atoms with Crippen molar-refractivity contribution in [3.05, 3.63) is 23.8 Å². The number of amides is 1. The summed E-state index contributed by atoms with van der Waals surface area (Å²) in [4.78, 5) is 18.1. The Balaban J connectivity index is 1.75. The fourth-order valence-corrected chi connectivity index (χ4v) is 4.28. The Morgan fingerprint density at radius 3 is 2.90 bits per heavy atom. The number of thioether (sulfide) groups is 1. The zero-order valence-electron chi connectivity index (χ0n) is 13.1. The van der Waals surface area contributed by atoms with Gasteiger partial charge in [-0.15, -0.1) is 11.8 Å². The summed E-state index contributed by atoms with van der Waals surface area (Å²) in [6.45, 7) is 9.78. The monoisotopic (exact) mass is 304 g/mol. The van der Waals surface area contributed by atoms with E-state index in [0.717, 1.165) is 18.8 Å². The number of likely N-dealkylation sites (tertiary alicyclic amines) is 1. The Hall–Kier alpha value is -1.00. The molecule has 1 saturated heterocycles. The van der Waals surface area contributed by atoms with Gasteiger partial charge in [0.05, 0.1) is 11.4 Å². The number of carbonyl (C=O) groups is 1. The van der Waals surface area contributed by atoms with Gasteiger partial charge in [0, 0.05) is 24.0 Å². The van der Waals surface area contributed by atoms with Crippen molar-refractivity contribution in [2.75, 3.05) is 30.3 Å². The van der Waals surface area contributed by atoms with E-state index in [-0.39, 0.29) is 5.91 Å². The van der Waals surface area contributed by atoms with Crippen LogP contribution < -0.4 is 4.90 Å². The average Bonchev–Trinajstić information content (AvgIpc) is 2.91. The number of benzene rings is 1. The van der Waals surface area contributed by atoms with Crippen LogP contribution in [0.3, 0.4) is 0 Å². The lowest BCUT2D eigenvalue weighted by atomic mass is 10.1. The van der Waals surface area contributed by atoms with Crippen molar-refractivity contribution < 1.29 is 4.79 Å². The molecule has 0 aromatic heterocycles. The molecule has 0 spiro atoms. The Bertz CT molecular complexity index is 544. The molecule has 0 radical (unpaired) electrons. The van der Waals surface area contributed by atoms with Crippen LogP contribution in [0.4, 0.5) is 5.69 Å². The van der Waals surface area contributed by atoms with Gasteiger partial charge in [0.1, 0.15) is 0 Å². The quantitative estimate of drug-likeness (QED) is 0.857. The number of anilines is 1. The van der Waals surface area contributed by atoms with Crippen LogP contribution in [0.1, 0.15) is 25.8 Å². The van der Waals surface area contributed by atoms with Gasteiger partial charge in [-0.2, -0.15) is 0 Å². The molecule has 2 aliphatic rings. The molecule has 1 fully saturated rings. The maximum Gasteiger partial charge on any atom is 0.237 e. The van der Waals surface area contributed by atoms with Gasteiger partial charge in [0.15, 0.2) is 0 Å². The minimum absolute atomic E-state index is 0.263. The second-order valence-corrected chi connectivity index (χ2v) is 7.52. The summed E-state index contributed by atoms with van der Waals surface area (Å²) in [7, 11) is 0. The number of fused-ring (bicyclic) bond motifs is 1. The normalized spacial score (nSPS) is 23.0. The first-order valence-electron chi connectivity index (χ1n) is 7.82. The first-order valence-corrected chi connectivity index (χ1v) is 8.81. The third-order valence-electron chi connectivity index (χ3n) is 4.55. The Morgan fingerprint density at radius 1 is 1.38 bits per heavy atom. The summed E-state index contributed by atoms with van der Waals surface area (Å²) < 4.78 is 0. The van der Waals surface area contributed by atoms with Crippen LogP contribution in [-0.2, 0) is 4.79 Å². The number of rotatable bonds is 3. The first kappa shape index (κ1) is 14.9. The van der Waals surface area contributed by atoms with E-state index in [9.17, 15) is 4.79 Å². The average molecular weight is 304 g/mol. The van der Waals surface area contributed by atoms with Crippen molar-refractivity contribution in [3.8, 4) is 0 Å². The van der Waals surface area contributed by atoms with Crippen LogP contribution in [0.25, 0.3) is 0 Å². The first-order chi connectivity index (χ1) is 10.0. The van der Waals surface area contributed by atoms with E-state index < -0.39 is 0 Å². The fraction of sp³-hybridized carbons (Fsp3) is 0.588. The molecule has 3 rings (SSSR count). The molecule has 2 aliphatic heterocycles. The molecule has 2 heterocycles. The van der Waals surface area contributed by atoms with Crippen molar-refractivity contribution >= 4 is 23.4 Å². The molecule has 1 atom stereocenters. The maximum atomic E-state index is 12.3. The van der Waals surface area contributed by atoms with Crippen LogP contribution in [0.2, 0.25) is 0 Å². The van der Waals surface area contributed by atoms with Gasteiger partial charge >= 0.3 is 0 Å². The molecular formula is C17H24N2OS. The standard InChI is InChI=1S/C17H24N2OS/c1-12(2)18-7-6-14(9-18)10-19-15-5-4-13(3)8-16(15)21-11-17(19)20/h4-5,8,12,14H,6-7,9-11H2,1-3H3. The molecule has 21 heavy (non-hydrogen) atoms. The second kappa shape index (κ2) is 6.01. The van der Waals surface area contributed by atoms with Crippen LogP contribution in [0, 0.1) is 12.8 Å². The van der Waals surface area contributed by atoms with E-state index >= 15 is 0 Å². The smallest absolute Gasteiger partial charge is 0.237 e. The van der Waals surface area contributed by atoms with Gasteiger partial charge in [0.2, 0.25) is 5.91 Å². The number of nitrogens with zero attached hydrogens (tertiary/aromatic N) is 2. The molecule has 0 aliphatic carbocycles. The van der Waals surface area contributed by atoms with Gasteiger partial charge in [-0.25, -0.2) is 0 Å². The fourth-order valence-electron chi connectivity index (χ4n) is 3.25. The van der Waals surface area contributed by atoms with Gasteiger partial charge < -0.3 is 9.80 Å². The molecule has 0 saturated carbocycles. The Labute approximate surface area is 131 Å². The number of hydrogen-bond acceptors (Lipinski definition) is 3. The summed E-state index contributed by atoms with van der Waals surface area (Å²) in [5, 5.41) is 0. The highest BCUT2D eigenvalue weighted by Gasteiger charge is 2.31. The van der Waals surface area contributed by atoms with Crippen molar-refractivity contribution in [2.24, 2.45) is 5.92 Å². The Kier molecular flexibility index (Phi) is 4.27. The molecule has 1 aromatic rings. The zero-order chi connectivity index (χ0) is 15.0. The number of hydrogen-bond donors (Lipinski definition) is 0. The van der Waals surface area contributed by atoms with Crippen LogP contribution in [0.5, 0.6) is 0 Å². The lowest BCUT2D eigenvalue weighted by Gasteiger charge is -2.31. The largest absolute Gasteiger partial charge is 0.310 e. The molecule has 0 bridgehead atoms. The van der Waals surface area contributed by atoms with Gasteiger partial charge in [0.25, 0.3) is 0 Å². The van der Waals surface area contributed by atoms with E-state index in [2.05, 4.69) is 43.9 Å². The van der Waals surface area contributed by atoms with E-state index in [1.807, 2.05) is 4.90 Å². The number of aryl methyl sites for hydroxylation is 1. The van der Waals surface area contributed by atoms with Crippen LogP contribution in [0.15, 0.2) is 23.1 Å². The highest BCUT2D eigenvalue weighted by Crippen LogP contribution is 2.37. The second-order valence-electron chi connectivity index (χ2n) is 6.51. The zero-order valence-corrected chi connectivity index (χ0v) is 13.9. The topological polar surface area (TPSA) is 23.6 Å². The summed E-state index contributed by atoms with van der Waals surface area (Å²) in [6.07, 6.45) is 1.20. The van der Waals surface area contributed by atoms with Crippen molar-refractivity contribution in [1.82, 2.24) is 4.90 Å². The van der Waals surface area contributed by atoms with Gasteiger partial charge in [-0.05, 0) is 57.4 Å². The lowest BCUT2D eigenvalue weighted by Crippen LogP contribution is -2.40. The van der Waals surface area contributed by atoms with Crippen molar-refractivity contribution in [3.63, 3.8) is 0 Å². The summed E-state index contributed by atoms with van der Waals surface area (Å²) in [6, 6.07) is 7.04. The predicted molar refractivity (Wildman–Crippen MR) is 89.1 cm³/mol. The molecule has 114 valence electrons. The van der Waals surface area contributed by atoms with Crippen molar-refractivity contribution in [1.29, 1.82) is 0 Å². The lowest BCUT2D eigenvalue weighted by molar-refractivity contribution is -0.116. The molecule has 1 aromatic carbocycles. The van der Waals surface area contributed by atoms with Gasteiger partial charge in [-0.1, -0.05) is 6.07 Å². The minimum atomic E-state index is 0.263. The number of carbonyl (C=O) groups excluding carboxylic acids is 1. The predicted octanol–water partition coefficient (Wildman–Crippen LogP) is 3.16. The maximum absolute atomic E-state index is 12.3. The summed E-state index contributed by atoms with van der Waals surface area (Å²) in [5.74, 6) is 1.45. The van der Waals surface area contributed by atoms with Crippen LogP contribution in [-0.4, -0.2) is 42.2 Å². The van der Waals surface area contributed by atoms with E-state index in [1.165, 1.54) is 23.4 Å². The Morgan fingerprint density at radius 2 is 2.19 bits per heavy atom. The molecule has 1 unspecified atom stereocenters. The summed E-state index contributed by atoms with van der Waals surface area (Å²) >= 11 is 1.68. The molecule has 3 nitrogen and oxygen atoms in total. The van der Waals surface area contributed by atoms with E-state index in [1.54, 1.807) is 11.8 Å². The van der Waals surface area contributed by atoms with Crippen LogP contribution >= 0.6 is 11.8 Å². The third-order valence-corrected chi connectivity index (χ3v) is 5.58. The van der Waals surface area contributed by atoms with E-state index in [4.69, 9.17) is 0 Å². The molecule has 1 amide bonds. The molecular weight excluding hydrogens is 280 g/mol. The molecule has 0 N–H and O–H groups in total. The van der Waals surface area contributed by atoms with Gasteiger partial charge in [-0.3, -0.25) is 4.79 Å². The van der Waals surface area contributed by atoms with Crippen molar-refractivity contribution in [2.45, 2.75) is 38.1 Å².